The van der Waals surface area contributed by atoms with Gasteiger partial charge in [-0.05, 0) is 29.8 Å². The number of morpholine rings is 1. The van der Waals surface area contributed by atoms with Crippen LogP contribution in [0.1, 0.15) is 5.56 Å². The third-order valence-corrected chi connectivity index (χ3v) is 4.67. The number of benzene rings is 2. The van der Waals surface area contributed by atoms with E-state index in [1.165, 1.54) is 0 Å². The van der Waals surface area contributed by atoms with Crippen molar-refractivity contribution in [2.24, 2.45) is 0 Å². The number of carboxylic acids is 1. The van der Waals surface area contributed by atoms with Crippen molar-refractivity contribution < 1.29 is 24.2 Å². The number of anilines is 1. The molecule has 0 aliphatic carbocycles. The van der Waals surface area contributed by atoms with Gasteiger partial charge in [0.25, 0.3) is 0 Å². The van der Waals surface area contributed by atoms with Crippen molar-refractivity contribution in [3.8, 4) is 5.75 Å². The van der Waals surface area contributed by atoms with Gasteiger partial charge in [0.1, 0.15) is 11.8 Å². The molecule has 1 atom stereocenters. The van der Waals surface area contributed by atoms with E-state index in [1.54, 1.807) is 53.4 Å². The van der Waals surface area contributed by atoms with Crippen LogP contribution >= 0.6 is 11.6 Å². The standard InChI is InChI=1S/C20H21ClN2O5/c21-16-3-1-2-4-17(16)22-18(19(24)25)13-14-5-7-15(8-6-14)28-20(26)23-9-11-27-12-10-23/h1-8,18,22H,9-13H2,(H,24,25). The van der Waals surface area contributed by atoms with E-state index in [-0.39, 0.29) is 6.42 Å². The van der Waals surface area contributed by atoms with E-state index in [2.05, 4.69) is 5.32 Å². The topological polar surface area (TPSA) is 88.1 Å². The van der Waals surface area contributed by atoms with Gasteiger partial charge in [0.05, 0.1) is 23.9 Å². The summed E-state index contributed by atoms with van der Waals surface area (Å²) in [7, 11) is 0. The molecular formula is C20H21ClN2O5. The van der Waals surface area contributed by atoms with Gasteiger partial charge in [0.2, 0.25) is 0 Å². The van der Waals surface area contributed by atoms with Crippen molar-refractivity contribution in [1.29, 1.82) is 0 Å². The van der Waals surface area contributed by atoms with Crippen molar-refractivity contribution in [3.05, 3.63) is 59.1 Å². The third kappa shape index (κ3) is 5.37. The first-order chi connectivity index (χ1) is 13.5. The fraction of sp³-hybridized carbons (Fsp3) is 0.300. The van der Waals surface area contributed by atoms with Gasteiger partial charge in [-0.3, -0.25) is 0 Å². The number of carbonyl (C=O) groups is 2. The Morgan fingerprint density at radius 2 is 1.82 bits per heavy atom. The highest BCUT2D eigenvalue weighted by Crippen LogP contribution is 2.22. The highest BCUT2D eigenvalue weighted by molar-refractivity contribution is 6.33. The Morgan fingerprint density at radius 3 is 2.46 bits per heavy atom. The number of ether oxygens (including phenoxy) is 2. The molecule has 7 nitrogen and oxygen atoms in total. The molecule has 0 saturated carbocycles. The molecule has 1 heterocycles. The molecule has 28 heavy (non-hydrogen) atoms. The largest absolute Gasteiger partial charge is 0.480 e. The summed E-state index contributed by atoms with van der Waals surface area (Å²) in [5.41, 5.74) is 1.35. The summed E-state index contributed by atoms with van der Waals surface area (Å²) in [6.07, 6.45) is -0.169. The zero-order valence-corrected chi connectivity index (χ0v) is 15.9. The average Bonchev–Trinajstić information content (AvgIpc) is 2.71. The molecule has 2 aromatic carbocycles. The lowest BCUT2D eigenvalue weighted by atomic mass is 10.1. The Morgan fingerprint density at radius 1 is 1.14 bits per heavy atom. The number of nitrogens with zero attached hydrogens (tertiary/aromatic N) is 1. The maximum atomic E-state index is 12.1. The molecule has 1 aliphatic rings. The van der Waals surface area contributed by atoms with Crippen molar-refractivity contribution in [2.45, 2.75) is 12.5 Å². The Bertz CT molecular complexity index is 822. The lowest BCUT2D eigenvalue weighted by Gasteiger charge is -2.25. The molecule has 0 radical (unpaired) electrons. The molecule has 1 unspecified atom stereocenters. The quantitative estimate of drug-likeness (QED) is 0.768. The predicted molar refractivity (Wildman–Crippen MR) is 105 cm³/mol. The fourth-order valence-electron chi connectivity index (χ4n) is 2.81. The van der Waals surface area contributed by atoms with Crippen LogP contribution in [0.25, 0.3) is 0 Å². The van der Waals surface area contributed by atoms with Gasteiger partial charge in [0.15, 0.2) is 0 Å². The Balaban J connectivity index is 1.60. The molecule has 1 amide bonds. The molecule has 1 saturated heterocycles. The smallest absolute Gasteiger partial charge is 0.415 e. The van der Waals surface area contributed by atoms with Crippen LogP contribution in [0.5, 0.6) is 5.75 Å². The van der Waals surface area contributed by atoms with Crippen molar-refractivity contribution in [1.82, 2.24) is 4.90 Å². The van der Waals surface area contributed by atoms with E-state index in [4.69, 9.17) is 21.1 Å². The maximum Gasteiger partial charge on any atom is 0.415 e. The van der Waals surface area contributed by atoms with E-state index in [1.807, 2.05) is 0 Å². The number of amides is 1. The molecular weight excluding hydrogens is 384 g/mol. The summed E-state index contributed by atoms with van der Waals surface area (Å²) in [6.45, 7) is 2.02. The lowest BCUT2D eigenvalue weighted by Crippen LogP contribution is -2.42. The summed E-state index contributed by atoms with van der Waals surface area (Å²) >= 11 is 6.09. The Kier molecular flexibility index (Phi) is 6.73. The molecule has 2 N–H and O–H groups in total. The summed E-state index contributed by atoms with van der Waals surface area (Å²) < 4.78 is 10.6. The van der Waals surface area contributed by atoms with E-state index >= 15 is 0 Å². The number of carboxylic acid groups (broad SMARTS) is 1. The van der Waals surface area contributed by atoms with Crippen LogP contribution in [0.3, 0.4) is 0 Å². The number of carbonyl (C=O) groups excluding carboxylic acids is 1. The third-order valence-electron chi connectivity index (χ3n) is 4.34. The number of para-hydroxylation sites is 1. The maximum absolute atomic E-state index is 12.1. The number of aliphatic carboxylic acids is 1. The van der Waals surface area contributed by atoms with E-state index in [0.717, 1.165) is 5.56 Å². The minimum atomic E-state index is -0.984. The first kappa shape index (κ1) is 20.0. The molecule has 1 aliphatic heterocycles. The molecule has 8 heteroatoms. The first-order valence-corrected chi connectivity index (χ1v) is 9.28. The van der Waals surface area contributed by atoms with Crippen LogP contribution < -0.4 is 10.1 Å². The predicted octanol–water partition coefficient (Wildman–Crippen LogP) is 3.28. The SMILES string of the molecule is O=C(O)C(Cc1ccc(OC(=O)N2CCOCC2)cc1)Nc1ccccc1Cl. The number of hydrogen-bond donors (Lipinski definition) is 2. The van der Waals surface area contributed by atoms with Crippen LogP contribution in [-0.2, 0) is 16.0 Å². The van der Waals surface area contributed by atoms with Crippen LogP contribution in [0.2, 0.25) is 5.02 Å². The summed E-state index contributed by atoms with van der Waals surface area (Å²) in [6, 6.07) is 12.9. The highest BCUT2D eigenvalue weighted by Gasteiger charge is 2.20. The molecule has 1 fully saturated rings. The molecule has 0 aromatic heterocycles. The summed E-state index contributed by atoms with van der Waals surface area (Å²) in [5.74, 6) is -0.575. The Hall–Kier alpha value is -2.77. The number of hydrogen-bond acceptors (Lipinski definition) is 5. The minimum absolute atomic E-state index is 0.248. The van der Waals surface area contributed by atoms with Gasteiger partial charge < -0.3 is 24.8 Å². The van der Waals surface area contributed by atoms with Crippen LogP contribution in [0.4, 0.5) is 10.5 Å². The molecule has 148 valence electrons. The lowest BCUT2D eigenvalue weighted by molar-refractivity contribution is -0.137. The molecule has 0 spiro atoms. The van der Waals surface area contributed by atoms with E-state index < -0.39 is 18.1 Å². The monoisotopic (exact) mass is 404 g/mol. The van der Waals surface area contributed by atoms with Crippen LogP contribution in [0.15, 0.2) is 48.5 Å². The zero-order valence-electron chi connectivity index (χ0n) is 15.1. The van der Waals surface area contributed by atoms with Crippen molar-refractivity contribution >= 4 is 29.4 Å². The van der Waals surface area contributed by atoms with Gasteiger partial charge in [-0.25, -0.2) is 9.59 Å². The second-order valence-electron chi connectivity index (χ2n) is 6.33. The highest BCUT2D eigenvalue weighted by atomic mass is 35.5. The van der Waals surface area contributed by atoms with Gasteiger partial charge in [-0.2, -0.15) is 0 Å². The van der Waals surface area contributed by atoms with E-state index in [0.29, 0.717) is 42.8 Å². The van der Waals surface area contributed by atoms with Crippen LogP contribution in [-0.4, -0.2) is 54.4 Å². The van der Waals surface area contributed by atoms with Gasteiger partial charge >= 0.3 is 12.1 Å². The van der Waals surface area contributed by atoms with Gasteiger partial charge in [-0.1, -0.05) is 35.9 Å². The number of halogens is 1. The van der Waals surface area contributed by atoms with Crippen molar-refractivity contribution in [3.63, 3.8) is 0 Å². The average molecular weight is 405 g/mol. The minimum Gasteiger partial charge on any atom is -0.480 e. The summed E-state index contributed by atoms with van der Waals surface area (Å²) in [5, 5.41) is 12.9. The second-order valence-corrected chi connectivity index (χ2v) is 6.74. The number of nitrogens with one attached hydrogen (secondary N) is 1. The van der Waals surface area contributed by atoms with E-state index in [9.17, 15) is 14.7 Å². The van der Waals surface area contributed by atoms with Crippen LogP contribution in [0, 0.1) is 0 Å². The zero-order chi connectivity index (χ0) is 19.9. The molecule has 3 rings (SSSR count). The molecule has 2 aromatic rings. The Labute approximate surface area is 167 Å². The summed E-state index contributed by atoms with van der Waals surface area (Å²) in [4.78, 5) is 25.3. The number of rotatable bonds is 6. The first-order valence-electron chi connectivity index (χ1n) is 8.90. The second kappa shape index (κ2) is 9.43. The van der Waals surface area contributed by atoms with Gasteiger partial charge in [0, 0.05) is 19.5 Å². The van der Waals surface area contributed by atoms with Crippen molar-refractivity contribution in [2.75, 3.05) is 31.6 Å². The fourth-order valence-corrected chi connectivity index (χ4v) is 3.00. The normalized spacial score (nSPS) is 15.0. The molecule has 0 bridgehead atoms. The van der Waals surface area contributed by atoms with Gasteiger partial charge in [-0.15, -0.1) is 0 Å².